The molecule has 0 spiro atoms. The van der Waals surface area contributed by atoms with E-state index in [0.29, 0.717) is 0 Å². The molecule has 1 aromatic carbocycles. The third kappa shape index (κ3) is 3.78. The molecule has 1 atom stereocenters. The van der Waals surface area contributed by atoms with E-state index in [4.69, 9.17) is 0 Å². The fraction of sp³-hybridized carbons (Fsp3) is 0.619. The molecule has 0 radical (unpaired) electrons. The van der Waals surface area contributed by atoms with Gasteiger partial charge in [-0.25, -0.2) is 0 Å². The van der Waals surface area contributed by atoms with Crippen LogP contribution in [0.5, 0.6) is 0 Å². The van der Waals surface area contributed by atoms with E-state index in [1.165, 1.54) is 56.9 Å². The molecule has 3 rings (SSSR count). The molecule has 0 heteroatoms. The van der Waals surface area contributed by atoms with E-state index < -0.39 is 0 Å². The second-order valence-corrected chi connectivity index (χ2v) is 7.47. The largest absolute Gasteiger partial charge is 0.0847 e. The highest BCUT2D eigenvalue weighted by atomic mass is 14.3. The first-order chi connectivity index (χ1) is 10.2. The number of rotatable bonds is 5. The van der Waals surface area contributed by atoms with Crippen LogP contribution in [-0.4, -0.2) is 0 Å². The van der Waals surface area contributed by atoms with Gasteiger partial charge in [0.2, 0.25) is 0 Å². The third-order valence-electron chi connectivity index (χ3n) is 5.52. The standard InChI is InChI=1S/C21H30/c1-3-4-17-5-9-20(10-6-17)21-11-7-18(8-12-21)15-19-13-16(2)14-19/h5-7,9-10,16,19,21H,3-4,8,11-15H2,1-2H3. The summed E-state index contributed by atoms with van der Waals surface area (Å²) >= 11 is 0. The topological polar surface area (TPSA) is 0 Å². The average molecular weight is 282 g/mol. The molecular formula is C21H30. The van der Waals surface area contributed by atoms with Gasteiger partial charge in [-0.2, -0.15) is 0 Å². The van der Waals surface area contributed by atoms with Gasteiger partial charge in [0.1, 0.15) is 0 Å². The molecule has 0 aliphatic heterocycles. The zero-order chi connectivity index (χ0) is 14.7. The first-order valence-corrected chi connectivity index (χ1v) is 9.01. The van der Waals surface area contributed by atoms with E-state index in [-0.39, 0.29) is 0 Å². The van der Waals surface area contributed by atoms with Gasteiger partial charge in [0.15, 0.2) is 0 Å². The lowest BCUT2D eigenvalue weighted by Gasteiger charge is -2.34. The van der Waals surface area contributed by atoms with Crippen LogP contribution in [-0.2, 0) is 6.42 Å². The molecule has 21 heavy (non-hydrogen) atoms. The second-order valence-electron chi connectivity index (χ2n) is 7.47. The maximum atomic E-state index is 2.57. The van der Waals surface area contributed by atoms with Crippen LogP contribution in [0.25, 0.3) is 0 Å². The Balaban J connectivity index is 1.53. The minimum Gasteiger partial charge on any atom is -0.0847 e. The van der Waals surface area contributed by atoms with Crippen LogP contribution in [0.4, 0.5) is 0 Å². The van der Waals surface area contributed by atoms with E-state index >= 15 is 0 Å². The quantitative estimate of drug-likeness (QED) is 0.558. The van der Waals surface area contributed by atoms with Crippen molar-refractivity contribution >= 4 is 0 Å². The SMILES string of the molecule is CCCc1ccc(C2CC=C(CC3CC(C)C3)CC2)cc1. The molecule has 1 fully saturated rings. The number of aryl methyl sites for hydroxylation is 1. The fourth-order valence-electron chi connectivity index (χ4n) is 4.23. The van der Waals surface area contributed by atoms with Crippen molar-refractivity contribution in [3.05, 3.63) is 47.0 Å². The molecular weight excluding hydrogens is 252 g/mol. The average Bonchev–Trinajstić information content (AvgIpc) is 2.48. The minimum atomic E-state index is 0.768. The molecule has 0 bridgehead atoms. The number of benzene rings is 1. The summed E-state index contributed by atoms with van der Waals surface area (Å²) in [5.74, 6) is 2.77. The van der Waals surface area contributed by atoms with E-state index in [1.54, 1.807) is 11.1 Å². The van der Waals surface area contributed by atoms with Crippen LogP contribution < -0.4 is 0 Å². The highest BCUT2D eigenvalue weighted by Gasteiger charge is 2.27. The Labute approximate surface area is 130 Å². The van der Waals surface area contributed by atoms with Gasteiger partial charge in [-0.3, -0.25) is 0 Å². The zero-order valence-electron chi connectivity index (χ0n) is 13.8. The van der Waals surface area contributed by atoms with Gasteiger partial charge in [-0.15, -0.1) is 0 Å². The first-order valence-electron chi connectivity index (χ1n) is 9.01. The van der Waals surface area contributed by atoms with Crippen molar-refractivity contribution in [1.82, 2.24) is 0 Å². The Morgan fingerprint density at radius 1 is 1.10 bits per heavy atom. The van der Waals surface area contributed by atoms with E-state index in [0.717, 1.165) is 17.8 Å². The van der Waals surface area contributed by atoms with E-state index in [2.05, 4.69) is 44.2 Å². The molecule has 2 aliphatic rings. The van der Waals surface area contributed by atoms with Crippen LogP contribution >= 0.6 is 0 Å². The number of hydrogen-bond acceptors (Lipinski definition) is 0. The van der Waals surface area contributed by atoms with Crippen molar-refractivity contribution < 1.29 is 0 Å². The molecule has 0 heterocycles. The lowest BCUT2D eigenvalue weighted by molar-refractivity contribution is 0.209. The van der Waals surface area contributed by atoms with Gasteiger partial charge < -0.3 is 0 Å². The zero-order valence-corrected chi connectivity index (χ0v) is 13.8. The normalized spacial score (nSPS) is 28.9. The van der Waals surface area contributed by atoms with Crippen molar-refractivity contribution in [3.63, 3.8) is 0 Å². The van der Waals surface area contributed by atoms with Gasteiger partial charge in [0, 0.05) is 0 Å². The minimum absolute atomic E-state index is 0.768. The predicted molar refractivity (Wildman–Crippen MR) is 91.6 cm³/mol. The van der Waals surface area contributed by atoms with Crippen molar-refractivity contribution in [1.29, 1.82) is 0 Å². The van der Waals surface area contributed by atoms with Crippen LogP contribution in [0, 0.1) is 11.8 Å². The molecule has 0 amide bonds. The Bertz CT molecular complexity index is 473. The summed E-state index contributed by atoms with van der Waals surface area (Å²) in [6, 6.07) is 9.44. The summed E-state index contributed by atoms with van der Waals surface area (Å²) < 4.78 is 0. The maximum Gasteiger partial charge on any atom is -0.0124 e. The molecule has 1 unspecified atom stereocenters. The van der Waals surface area contributed by atoms with Crippen molar-refractivity contribution in [2.45, 2.75) is 71.1 Å². The number of hydrogen-bond donors (Lipinski definition) is 0. The summed E-state index contributed by atoms with van der Waals surface area (Å²) in [6.07, 6.45) is 13.3. The molecule has 1 saturated carbocycles. The molecule has 0 N–H and O–H groups in total. The summed E-state index contributed by atoms with van der Waals surface area (Å²) in [6.45, 7) is 4.65. The molecule has 0 aromatic heterocycles. The summed E-state index contributed by atoms with van der Waals surface area (Å²) in [4.78, 5) is 0. The van der Waals surface area contributed by atoms with Crippen LogP contribution in [0.1, 0.15) is 75.8 Å². The van der Waals surface area contributed by atoms with Gasteiger partial charge >= 0.3 is 0 Å². The molecule has 1 aromatic rings. The molecule has 0 saturated heterocycles. The van der Waals surface area contributed by atoms with Crippen molar-refractivity contribution in [2.24, 2.45) is 11.8 Å². The highest BCUT2D eigenvalue weighted by molar-refractivity contribution is 5.27. The lowest BCUT2D eigenvalue weighted by Crippen LogP contribution is -2.21. The Hall–Kier alpha value is -1.04. The molecule has 0 nitrogen and oxygen atoms in total. The van der Waals surface area contributed by atoms with Crippen molar-refractivity contribution in [3.8, 4) is 0 Å². The maximum absolute atomic E-state index is 2.57. The van der Waals surface area contributed by atoms with Crippen LogP contribution in [0.3, 0.4) is 0 Å². The highest BCUT2D eigenvalue weighted by Crippen LogP contribution is 2.41. The van der Waals surface area contributed by atoms with E-state index in [9.17, 15) is 0 Å². The van der Waals surface area contributed by atoms with Crippen LogP contribution in [0.2, 0.25) is 0 Å². The molecule has 114 valence electrons. The van der Waals surface area contributed by atoms with Crippen LogP contribution in [0.15, 0.2) is 35.9 Å². The van der Waals surface area contributed by atoms with E-state index in [1.807, 2.05) is 0 Å². The lowest BCUT2D eigenvalue weighted by atomic mass is 9.71. The summed E-state index contributed by atoms with van der Waals surface area (Å²) in [5.41, 5.74) is 4.81. The summed E-state index contributed by atoms with van der Waals surface area (Å²) in [5, 5.41) is 0. The Morgan fingerprint density at radius 2 is 1.86 bits per heavy atom. The monoisotopic (exact) mass is 282 g/mol. The fourth-order valence-corrected chi connectivity index (χ4v) is 4.23. The molecule has 2 aliphatic carbocycles. The van der Waals surface area contributed by atoms with Gasteiger partial charge in [0.25, 0.3) is 0 Å². The van der Waals surface area contributed by atoms with Gasteiger partial charge in [-0.1, -0.05) is 56.2 Å². The third-order valence-corrected chi connectivity index (χ3v) is 5.52. The number of allylic oxidation sites excluding steroid dienone is 2. The summed E-state index contributed by atoms with van der Waals surface area (Å²) in [7, 11) is 0. The Kier molecular flexibility index (Phi) is 4.83. The first kappa shape index (κ1) is 14.9. The predicted octanol–water partition coefficient (Wildman–Crippen LogP) is 6.27. The second kappa shape index (κ2) is 6.81. The Morgan fingerprint density at radius 3 is 2.43 bits per heavy atom. The smallest absolute Gasteiger partial charge is 0.0124 e. The van der Waals surface area contributed by atoms with Gasteiger partial charge in [-0.05, 0) is 73.8 Å². The van der Waals surface area contributed by atoms with Crippen molar-refractivity contribution in [2.75, 3.05) is 0 Å². The van der Waals surface area contributed by atoms with Gasteiger partial charge in [0.05, 0.1) is 0 Å².